The van der Waals surface area contributed by atoms with Crippen molar-refractivity contribution in [2.24, 2.45) is 0 Å². The third-order valence-electron chi connectivity index (χ3n) is 7.11. The van der Waals surface area contributed by atoms with E-state index in [-0.39, 0.29) is 23.6 Å². The van der Waals surface area contributed by atoms with E-state index < -0.39 is 0 Å². The summed E-state index contributed by atoms with van der Waals surface area (Å²) in [5.74, 6) is -0.0699. The topological polar surface area (TPSA) is 66.5 Å². The molecule has 2 aromatic rings. The zero-order valence-corrected chi connectivity index (χ0v) is 20.8. The second-order valence-electron chi connectivity index (χ2n) is 9.28. The van der Waals surface area contributed by atoms with Crippen LogP contribution in [0.3, 0.4) is 0 Å². The number of nitrogens with zero attached hydrogens (tertiary/aromatic N) is 1. The van der Waals surface area contributed by atoms with Crippen molar-refractivity contribution in [2.45, 2.75) is 71.9 Å². The molecule has 1 heterocycles. The van der Waals surface area contributed by atoms with E-state index >= 15 is 0 Å². The highest BCUT2D eigenvalue weighted by molar-refractivity contribution is 6.35. The number of ketones is 1. The van der Waals surface area contributed by atoms with E-state index in [0.29, 0.717) is 47.6 Å². The molecule has 6 heteroatoms. The highest BCUT2D eigenvalue weighted by Crippen LogP contribution is 2.36. The quantitative estimate of drug-likeness (QED) is 0.441. The summed E-state index contributed by atoms with van der Waals surface area (Å²) in [5.41, 5.74) is 6.08. The SMILES string of the molecule is CCC(=O)CCC(C(C)=C1CCC1)N1Cc2cc(NC(=O)c3cccc(C)c3Cl)ccc2C1=O. The number of carbonyl (C=O) groups is 3. The highest BCUT2D eigenvalue weighted by atomic mass is 35.5. The van der Waals surface area contributed by atoms with Gasteiger partial charge in [-0.2, -0.15) is 0 Å². The molecule has 0 radical (unpaired) electrons. The Morgan fingerprint density at radius 2 is 1.94 bits per heavy atom. The maximum atomic E-state index is 13.3. The second-order valence-corrected chi connectivity index (χ2v) is 9.66. The van der Waals surface area contributed by atoms with Crippen LogP contribution in [0.5, 0.6) is 0 Å². The predicted octanol–water partition coefficient (Wildman–Crippen LogP) is 6.48. The van der Waals surface area contributed by atoms with Crippen LogP contribution in [-0.2, 0) is 11.3 Å². The van der Waals surface area contributed by atoms with Gasteiger partial charge in [-0.1, -0.05) is 41.8 Å². The van der Waals surface area contributed by atoms with Crippen LogP contribution in [0, 0.1) is 6.92 Å². The van der Waals surface area contributed by atoms with Gasteiger partial charge >= 0.3 is 0 Å². The molecule has 2 aromatic carbocycles. The van der Waals surface area contributed by atoms with E-state index in [1.807, 2.05) is 30.9 Å². The Kier molecular flexibility index (Phi) is 7.22. The van der Waals surface area contributed by atoms with Crippen molar-refractivity contribution < 1.29 is 14.4 Å². The monoisotopic (exact) mass is 478 g/mol. The van der Waals surface area contributed by atoms with Gasteiger partial charge in [-0.05, 0) is 74.9 Å². The number of benzene rings is 2. The van der Waals surface area contributed by atoms with E-state index in [2.05, 4.69) is 12.2 Å². The van der Waals surface area contributed by atoms with Crippen molar-refractivity contribution in [1.29, 1.82) is 0 Å². The fraction of sp³-hybridized carbons (Fsp3) is 0.393. The predicted molar refractivity (Wildman–Crippen MR) is 135 cm³/mol. The first kappa shape index (κ1) is 24.2. The van der Waals surface area contributed by atoms with Crippen LogP contribution in [0.1, 0.15) is 84.2 Å². The molecule has 0 bridgehead atoms. The van der Waals surface area contributed by atoms with Crippen LogP contribution in [-0.4, -0.2) is 28.5 Å². The van der Waals surface area contributed by atoms with Gasteiger partial charge in [0.25, 0.3) is 11.8 Å². The maximum absolute atomic E-state index is 13.3. The van der Waals surface area contributed by atoms with Gasteiger partial charge in [0.1, 0.15) is 5.78 Å². The Labute approximate surface area is 206 Å². The molecule has 34 heavy (non-hydrogen) atoms. The first-order chi connectivity index (χ1) is 16.3. The number of nitrogens with one attached hydrogen (secondary N) is 1. The third kappa shape index (κ3) is 4.80. The molecule has 4 rings (SSSR count). The zero-order valence-electron chi connectivity index (χ0n) is 20.0. The summed E-state index contributed by atoms with van der Waals surface area (Å²) in [6.07, 6.45) is 5.00. The number of halogens is 1. The van der Waals surface area contributed by atoms with E-state index in [4.69, 9.17) is 11.6 Å². The molecule has 0 aromatic heterocycles. The third-order valence-corrected chi connectivity index (χ3v) is 7.61. The first-order valence-corrected chi connectivity index (χ1v) is 12.4. The summed E-state index contributed by atoms with van der Waals surface area (Å²) >= 11 is 6.31. The van der Waals surface area contributed by atoms with Crippen molar-refractivity contribution in [3.63, 3.8) is 0 Å². The summed E-state index contributed by atoms with van der Waals surface area (Å²) in [6.45, 7) is 6.33. The molecule has 1 saturated carbocycles. The number of fused-ring (bicyclic) bond motifs is 1. The Bertz CT molecular complexity index is 1180. The average molecular weight is 479 g/mol. The lowest BCUT2D eigenvalue weighted by Crippen LogP contribution is -2.37. The minimum atomic E-state index is -0.281. The van der Waals surface area contributed by atoms with Crippen LogP contribution in [0.25, 0.3) is 0 Å². The fourth-order valence-electron chi connectivity index (χ4n) is 4.76. The zero-order chi connectivity index (χ0) is 24.4. The van der Waals surface area contributed by atoms with Crippen LogP contribution < -0.4 is 5.32 Å². The first-order valence-electron chi connectivity index (χ1n) is 12.0. The summed E-state index contributed by atoms with van der Waals surface area (Å²) in [7, 11) is 0. The molecular weight excluding hydrogens is 448 g/mol. The fourth-order valence-corrected chi connectivity index (χ4v) is 4.97. The average Bonchev–Trinajstić information content (AvgIpc) is 3.09. The van der Waals surface area contributed by atoms with Gasteiger partial charge in [-0.25, -0.2) is 0 Å². The lowest BCUT2D eigenvalue weighted by atomic mass is 9.84. The largest absolute Gasteiger partial charge is 0.328 e. The van der Waals surface area contributed by atoms with Gasteiger partial charge in [-0.15, -0.1) is 0 Å². The van der Waals surface area contributed by atoms with Gasteiger partial charge in [0.05, 0.1) is 16.6 Å². The summed E-state index contributed by atoms with van der Waals surface area (Å²) < 4.78 is 0. The van der Waals surface area contributed by atoms with Crippen LogP contribution in [0.2, 0.25) is 5.02 Å². The molecule has 2 aliphatic rings. The minimum Gasteiger partial charge on any atom is -0.328 e. The van der Waals surface area contributed by atoms with Gasteiger partial charge < -0.3 is 10.2 Å². The van der Waals surface area contributed by atoms with E-state index in [1.165, 1.54) is 17.6 Å². The lowest BCUT2D eigenvalue weighted by molar-refractivity contribution is -0.119. The van der Waals surface area contributed by atoms with E-state index in [0.717, 1.165) is 24.0 Å². The summed E-state index contributed by atoms with van der Waals surface area (Å²) in [5, 5.41) is 3.35. The molecule has 1 N–H and O–H groups in total. The maximum Gasteiger partial charge on any atom is 0.257 e. The molecule has 178 valence electrons. The van der Waals surface area contributed by atoms with Crippen molar-refractivity contribution in [3.8, 4) is 0 Å². The Hall–Kier alpha value is -2.92. The number of hydrogen-bond acceptors (Lipinski definition) is 3. The molecular formula is C28H31ClN2O3. The lowest BCUT2D eigenvalue weighted by Gasteiger charge is -2.32. The highest BCUT2D eigenvalue weighted by Gasteiger charge is 2.35. The minimum absolute atomic E-state index is 0.0113. The molecule has 5 nitrogen and oxygen atoms in total. The van der Waals surface area contributed by atoms with Crippen molar-refractivity contribution in [2.75, 3.05) is 5.32 Å². The smallest absolute Gasteiger partial charge is 0.257 e. The number of allylic oxidation sites excluding steroid dienone is 1. The number of anilines is 1. The standard InChI is InChI=1S/C28H31ClN2O3/c1-4-22(32)12-14-25(18(3)19-8-6-9-19)31-16-20-15-21(11-13-23(20)28(31)34)30-27(33)24-10-5-7-17(2)26(24)29/h5,7,10-11,13,15,25H,4,6,8-9,12,14,16H2,1-3H3,(H,30,33). The van der Waals surface area contributed by atoms with Crippen LogP contribution in [0.4, 0.5) is 5.69 Å². The molecule has 1 fully saturated rings. The molecule has 0 spiro atoms. The van der Waals surface area contributed by atoms with Crippen molar-refractivity contribution in [3.05, 3.63) is 74.8 Å². The Morgan fingerprint density at radius 3 is 2.62 bits per heavy atom. The number of aryl methyl sites for hydroxylation is 1. The van der Waals surface area contributed by atoms with Gasteiger partial charge in [-0.3, -0.25) is 14.4 Å². The number of rotatable bonds is 8. The van der Waals surface area contributed by atoms with Gasteiger partial charge in [0.15, 0.2) is 0 Å². The van der Waals surface area contributed by atoms with Crippen molar-refractivity contribution in [1.82, 2.24) is 4.90 Å². The molecule has 0 saturated heterocycles. The normalized spacial score (nSPS) is 15.6. The van der Waals surface area contributed by atoms with Crippen LogP contribution in [0.15, 0.2) is 47.5 Å². The molecule has 1 aliphatic carbocycles. The second kappa shape index (κ2) is 10.1. The molecule has 1 aliphatic heterocycles. The molecule has 2 amide bonds. The summed E-state index contributed by atoms with van der Waals surface area (Å²) in [6, 6.07) is 10.7. The summed E-state index contributed by atoms with van der Waals surface area (Å²) in [4.78, 5) is 40.1. The number of Topliss-reactive ketones (excluding diaryl/α,β-unsaturated/α-hetero) is 1. The van der Waals surface area contributed by atoms with E-state index in [1.54, 1.807) is 24.3 Å². The molecule has 1 unspecified atom stereocenters. The van der Waals surface area contributed by atoms with Gasteiger partial charge in [0, 0.05) is 30.6 Å². The number of amides is 2. The Balaban J connectivity index is 1.55. The van der Waals surface area contributed by atoms with Crippen molar-refractivity contribution >= 4 is 34.9 Å². The van der Waals surface area contributed by atoms with Crippen LogP contribution >= 0.6 is 11.6 Å². The van der Waals surface area contributed by atoms with E-state index in [9.17, 15) is 14.4 Å². The van der Waals surface area contributed by atoms with Gasteiger partial charge in [0.2, 0.25) is 0 Å². The number of hydrogen-bond donors (Lipinski definition) is 1. The Morgan fingerprint density at radius 1 is 1.18 bits per heavy atom. The molecule has 1 atom stereocenters. The number of carbonyl (C=O) groups excluding carboxylic acids is 3.